The molecule has 2 rings (SSSR count). The molecule has 0 saturated carbocycles. The highest BCUT2D eigenvalue weighted by Gasteiger charge is 2.18. The summed E-state index contributed by atoms with van der Waals surface area (Å²) in [5.74, 6) is -0.455. The van der Waals surface area contributed by atoms with Crippen LogP contribution in [0.4, 0.5) is 0 Å². The van der Waals surface area contributed by atoms with E-state index in [4.69, 9.17) is 5.11 Å². The number of carbonyl (C=O) groups is 2. The quantitative estimate of drug-likeness (QED) is 0.780. The van der Waals surface area contributed by atoms with Crippen LogP contribution in [0, 0.1) is 12.8 Å². The number of rotatable bonds is 8. The Bertz CT molecular complexity index is 724. The molecule has 25 heavy (non-hydrogen) atoms. The third kappa shape index (κ3) is 5.66. The molecule has 0 spiro atoms. The van der Waals surface area contributed by atoms with Crippen LogP contribution in [0.25, 0.3) is 11.4 Å². The third-order valence-corrected chi connectivity index (χ3v) is 3.57. The number of aryl methyl sites for hydroxylation is 1. The first-order valence-corrected chi connectivity index (χ1v) is 8.19. The molecule has 0 aliphatic rings. The molecule has 8 heteroatoms. The van der Waals surface area contributed by atoms with Gasteiger partial charge in [-0.2, -0.15) is 4.80 Å². The summed E-state index contributed by atoms with van der Waals surface area (Å²) in [6, 6.07) is 7.71. The average molecular weight is 345 g/mol. The first-order valence-electron chi connectivity index (χ1n) is 8.19. The zero-order valence-electron chi connectivity index (χ0n) is 14.7. The number of carboxylic acid groups (broad SMARTS) is 1. The van der Waals surface area contributed by atoms with Crippen LogP contribution in [0.15, 0.2) is 24.3 Å². The molecule has 0 unspecified atom stereocenters. The van der Waals surface area contributed by atoms with Crippen molar-refractivity contribution in [3.63, 3.8) is 0 Å². The molecule has 0 atom stereocenters. The number of carboxylic acids is 1. The van der Waals surface area contributed by atoms with Crippen molar-refractivity contribution in [2.24, 2.45) is 5.92 Å². The minimum Gasteiger partial charge on any atom is -0.481 e. The van der Waals surface area contributed by atoms with E-state index < -0.39 is 5.97 Å². The van der Waals surface area contributed by atoms with Crippen molar-refractivity contribution >= 4 is 11.9 Å². The molecule has 2 aromatic rings. The van der Waals surface area contributed by atoms with Gasteiger partial charge >= 0.3 is 5.97 Å². The van der Waals surface area contributed by atoms with Crippen molar-refractivity contribution in [1.82, 2.24) is 25.1 Å². The zero-order chi connectivity index (χ0) is 18.4. The van der Waals surface area contributed by atoms with Crippen LogP contribution in [0.5, 0.6) is 0 Å². The Morgan fingerprint density at radius 3 is 2.52 bits per heavy atom. The summed E-state index contributed by atoms with van der Waals surface area (Å²) in [6.07, 6.45) is -0.0855. The van der Waals surface area contributed by atoms with Gasteiger partial charge in [-0.3, -0.25) is 9.59 Å². The Kier molecular flexibility index (Phi) is 6.21. The van der Waals surface area contributed by atoms with Crippen molar-refractivity contribution in [3.05, 3.63) is 29.8 Å². The lowest BCUT2D eigenvalue weighted by Crippen LogP contribution is -2.38. The molecule has 1 aromatic heterocycles. The topological polar surface area (TPSA) is 101 Å². The van der Waals surface area contributed by atoms with Gasteiger partial charge in [-0.05, 0) is 18.1 Å². The first-order chi connectivity index (χ1) is 11.8. The molecule has 0 aliphatic heterocycles. The van der Waals surface area contributed by atoms with Gasteiger partial charge in [0.1, 0.15) is 6.54 Å². The lowest BCUT2D eigenvalue weighted by atomic mass is 10.1. The van der Waals surface area contributed by atoms with Gasteiger partial charge in [0.05, 0.1) is 6.42 Å². The van der Waals surface area contributed by atoms with Gasteiger partial charge in [-0.15, -0.1) is 10.2 Å². The van der Waals surface area contributed by atoms with E-state index in [1.807, 2.05) is 45.0 Å². The summed E-state index contributed by atoms with van der Waals surface area (Å²) in [5.41, 5.74) is 1.96. The van der Waals surface area contributed by atoms with Crippen molar-refractivity contribution in [3.8, 4) is 11.4 Å². The molecule has 134 valence electrons. The van der Waals surface area contributed by atoms with E-state index >= 15 is 0 Å². The monoisotopic (exact) mass is 345 g/mol. The minimum absolute atomic E-state index is 0.0643. The van der Waals surface area contributed by atoms with E-state index in [1.165, 1.54) is 9.70 Å². The first kappa shape index (κ1) is 18.6. The number of amides is 1. The summed E-state index contributed by atoms with van der Waals surface area (Å²) in [7, 11) is 0. The predicted molar refractivity (Wildman–Crippen MR) is 91.7 cm³/mol. The van der Waals surface area contributed by atoms with E-state index in [1.54, 1.807) is 0 Å². The smallest absolute Gasteiger partial charge is 0.305 e. The molecule has 0 fully saturated rings. The number of nitrogens with zero attached hydrogens (tertiary/aromatic N) is 5. The lowest BCUT2D eigenvalue weighted by molar-refractivity contribution is -0.139. The number of tetrazole rings is 1. The van der Waals surface area contributed by atoms with Crippen LogP contribution >= 0.6 is 0 Å². The number of aliphatic carboxylic acids is 1. The van der Waals surface area contributed by atoms with Crippen LogP contribution in [-0.2, 0) is 16.1 Å². The maximum Gasteiger partial charge on any atom is 0.305 e. The largest absolute Gasteiger partial charge is 0.481 e. The van der Waals surface area contributed by atoms with Crippen LogP contribution in [0.3, 0.4) is 0 Å². The van der Waals surface area contributed by atoms with Crippen LogP contribution in [-0.4, -0.2) is 55.2 Å². The minimum atomic E-state index is -0.929. The number of hydrogen-bond donors (Lipinski definition) is 1. The highest BCUT2D eigenvalue weighted by molar-refractivity contribution is 5.76. The van der Waals surface area contributed by atoms with Gasteiger partial charge < -0.3 is 10.0 Å². The molecule has 1 amide bonds. The summed E-state index contributed by atoms with van der Waals surface area (Å²) >= 11 is 0. The van der Waals surface area contributed by atoms with E-state index in [0.29, 0.717) is 12.4 Å². The fourth-order valence-corrected chi connectivity index (χ4v) is 2.34. The van der Waals surface area contributed by atoms with Gasteiger partial charge in [0.2, 0.25) is 11.7 Å². The van der Waals surface area contributed by atoms with E-state index in [-0.39, 0.29) is 31.3 Å². The highest BCUT2D eigenvalue weighted by atomic mass is 16.4. The number of carbonyl (C=O) groups excluding carboxylic acids is 1. The molecule has 0 bridgehead atoms. The average Bonchev–Trinajstić information content (AvgIpc) is 3.00. The van der Waals surface area contributed by atoms with Crippen molar-refractivity contribution in [2.45, 2.75) is 33.7 Å². The normalized spacial score (nSPS) is 10.9. The maximum absolute atomic E-state index is 12.5. The van der Waals surface area contributed by atoms with E-state index in [0.717, 1.165) is 11.1 Å². The van der Waals surface area contributed by atoms with Crippen molar-refractivity contribution in [1.29, 1.82) is 0 Å². The summed E-state index contributed by atoms with van der Waals surface area (Å²) < 4.78 is 0. The summed E-state index contributed by atoms with van der Waals surface area (Å²) in [6.45, 7) is 6.55. The van der Waals surface area contributed by atoms with Crippen LogP contribution < -0.4 is 0 Å². The second-order valence-electron chi connectivity index (χ2n) is 6.39. The van der Waals surface area contributed by atoms with Gasteiger partial charge in [0, 0.05) is 18.7 Å². The van der Waals surface area contributed by atoms with Crippen LogP contribution in [0.2, 0.25) is 0 Å². The standard InChI is InChI=1S/C17H23N5O3/c1-12(2)10-21(9-8-16(24)25)15(23)11-22-19-17(18-20-22)14-6-4-13(3)5-7-14/h4-7,12H,8-11H2,1-3H3,(H,24,25). The Labute approximate surface area is 146 Å². The molecule has 8 nitrogen and oxygen atoms in total. The Balaban J connectivity index is 2.04. The predicted octanol–water partition coefficient (Wildman–Crippen LogP) is 1.61. The fraction of sp³-hybridized carbons (Fsp3) is 0.471. The molecule has 1 N–H and O–H groups in total. The Morgan fingerprint density at radius 2 is 1.92 bits per heavy atom. The Morgan fingerprint density at radius 1 is 1.24 bits per heavy atom. The molecule has 1 aromatic carbocycles. The SMILES string of the molecule is Cc1ccc(-c2nnn(CC(=O)N(CCC(=O)O)CC(C)C)n2)cc1. The van der Waals surface area contributed by atoms with Gasteiger partial charge in [-0.1, -0.05) is 43.7 Å². The maximum atomic E-state index is 12.5. The van der Waals surface area contributed by atoms with E-state index in [9.17, 15) is 9.59 Å². The Hall–Kier alpha value is -2.77. The second-order valence-corrected chi connectivity index (χ2v) is 6.39. The number of aromatic nitrogens is 4. The second kappa shape index (κ2) is 8.36. The molecule has 1 heterocycles. The van der Waals surface area contributed by atoms with Crippen molar-refractivity contribution < 1.29 is 14.7 Å². The fourth-order valence-electron chi connectivity index (χ4n) is 2.34. The third-order valence-electron chi connectivity index (χ3n) is 3.57. The van der Waals surface area contributed by atoms with Crippen LogP contribution in [0.1, 0.15) is 25.8 Å². The van der Waals surface area contributed by atoms with Gasteiger partial charge in [-0.25, -0.2) is 0 Å². The molecular weight excluding hydrogens is 322 g/mol. The zero-order valence-corrected chi connectivity index (χ0v) is 14.7. The summed E-state index contributed by atoms with van der Waals surface area (Å²) in [4.78, 5) is 26.0. The number of benzene rings is 1. The lowest BCUT2D eigenvalue weighted by Gasteiger charge is -2.23. The van der Waals surface area contributed by atoms with E-state index in [2.05, 4.69) is 15.4 Å². The van der Waals surface area contributed by atoms with Gasteiger partial charge in [0.15, 0.2) is 0 Å². The molecule has 0 aliphatic carbocycles. The molecule has 0 radical (unpaired) electrons. The van der Waals surface area contributed by atoms with Gasteiger partial charge in [0.25, 0.3) is 0 Å². The molecular formula is C17H23N5O3. The number of hydrogen-bond acceptors (Lipinski definition) is 5. The summed E-state index contributed by atoms with van der Waals surface area (Å²) in [5, 5.41) is 21.0. The highest BCUT2D eigenvalue weighted by Crippen LogP contribution is 2.14. The molecule has 0 saturated heterocycles. The van der Waals surface area contributed by atoms with Crippen molar-refractivity contribution in [2.75, 3.05) is 13.1 Å².